The van der Waals surface area contributed by atoms with E-state index in [-0.39, 0.29) is 17.2 Å². The second kappa shape index (κ2) is 9.09. The van der Waals surface area contributed by atoms with Gasteiger partial charge in [-0.15, -0.1) is 11.8 Å². The average molecular weight is 436 g/mol. The summed E-state index contributed by atoms with van der Waals surface area (Å²) in [7, 11) is 1.31. The zero-order valence-electron chi connectivity index (χ0n) is 16.7. The number of amides is 2. The van der Waals surface area contributed by atoms with E-state index < -0.39 is 5.97 Å². The molecule has 3 aromatic rings. The molecule has 1 saturated heterocycles. The lowest BCUT2D eigenvalue weighted by atomic mass is 10.1. The number of nitrogens with one attached hydrogen (secondary N) is 1. The molecule has 1 aliphatic heterocycles. The van der Waals surface area contributed by atoms with Crippen LogP contribution in [-0.2, 0) is 16.1 Å². The van der Waals surface area contributed by atoms with Crippen molar-refractivity contribution < 1.29 is 23.5 Å². The molecule has 1 N–H and O–H groups in total. The van der Waals surface area contributed by atoms with Crippen LogP contribution in [0.2, 0.25) is 0 Å². The summed E-state index contributed by atoms with van der Waals surface area (Å²) in [5.74, 6) is 0.425. The molecule has 2 aromatic carbocycles. The molecule has 0 saturated carbocycles. The molecule has 1 aliphatic rings. The number of benzene rings is 2. The van der Waals surface area contributed by atoms with Crippen molar-refractivity contribution >= 4 is 35.2 Å². The maximum atomic E-state index is 12.6. The lowest BCUT2D eigenvalue weighted by molar-refractivity contribution is -0.128. The molecule has 0 radical (unpaired) electrons. The Labute approximate surface area is 183 Å². The van der Waals surface area contributed by atoms with Gasteiger partial charge in [0.15, 0.2) is 0 Å². The van der Waals surface area contributed by atoms with Crippen molar-refractivity contribution in [2.24, 2.45) is 0 Å². The maximum absolute atomic E-state index is 12.6. The highest BCUT2D eigenvalue weighted by atomic mass is 32.2. The van der Waals surface area contributed by atoms with Gasteiger partial charge in [0.25, 0.3) is 5.91 Å². The third-order valence-electron chi connectivity index (χ3n) is 4.87. The third kappa shape index (κ3) is 4.64. The van der Waals surface area contributed by atoms with Crippen molar-refractivity contribution in [2.75, 3.05) is 18.2 Å². The molecule has 4 rings (SSSR count). The number of ether oxygens (including phenoxy) is 1. The van der Waals surface area contributed by atoms with Crippen molar-refractivity contribution in [3.05, 3.63) is 89.4 Å². The first-order chi connectivity index (χ1) is 15.0. The Bertz CT molecular complexity index is 1100. The number of hydrogen-bond donors (Lipinski definition) is 1. The molecule has 7 nitrogen and oxygen atoms in total. The summed E-state index contributed by atoms with van der Waals surface area (Å²) in [5.41, 5.74) is 2.26. The minimum atomic E-state index is -0.469. The number of furan rings is 1. The number of esters is 1. The molecule has 31 heavy (non-hydrogen) atoms. The number of hydrogen-bond acceptors (Lipinski definition) is 6. The molecular formula is C23H20N2O5S. The molecule has 2 amide bonds. The number of thioether (sulfide) groups is 1. The van der Waals surface area contributed by atoms with Crippen LogP contribution < -0.4 is 5.32 Å². The van der Waals surface area contributed by atoms with Gasteiger partial charge in [-0.1, -0.05) is 18.2 Å². The van der Waals surface area contributed by atoms with E-state index in [4.69, 9.17) is 9.15 Å². The van der Waals surface area contributed by atoms with Crippen LogP contribution in [0.5, 0.6) is 0 Å². The van der Waals surface area contributed by atoms with E-state index in [1.807, 2.05) is 18.2 Å². The fourth-order valence-electron chi connectivity index (χ4n) is 3.32. The van der Waals surface area contributed by atoms with Gasteiger partial charge >= 0.3 is 5.97 Å². The molecule has 0 unspecified atom stereocenters. The van der Waals surface area contributed by atoms with E-state index in [0.29, 0.717) is 29.1 Å². The minimum absolute atomic E-state index is 0.0544. The van der Waals surface area contributed by atoms with E-state index in [0.717, 1.165) is 11.3 Å². The lowest BCUT2D eigenvalue weighted by Gasteiger charge is -2.23. The SMILES string of the molecule is COC(=O)c1cccc(NC(=O)c2ccc([C@@H]3SCC(=O)N3Cc3ccco3)cc2)c1. The lowest BCUT2D eigenvalue weighted by Crippen LogP contribution is -2.27. The van der Waals surface area contributed by atoms with E-state index in [9.17, 15) is 14.4 Å². The third-order valence-corrected chi connectivity index (χ3v) is 6.13. The standard InChI is InChI=1S/C23H20N2O5S/c1-29-23(28)17-4-2-5-18(12-17)24-21(27)15-7-9-16(10-8-15)22-25(20(26)14-31-22)13-19-6-3-11-30-19/h2-12,22H,13-14H2,1H3,(H,24,27)/t22-/m0/s1. The van der Waals surface area contributed by atoms with Gasteiger partial charge in [0, 0.05) is 11.3 Å². The maximum Gasteiger partial charge on any atom is 0.337 e. The summed E-state index contributed by atoms with van der Waals surface area (Å²) in [4.78, 5) is 38.4. The Balaban J connectivity index is 1.46. The first kappa shape index (κ1) is 20.7. The quantitative estimate of drug-likeness (QED) is 0.586. The molecule has 1 atom stereocenters. The van der Waals surface area contributed by atoms with Gasteiger partial charge in [-0.05, 0) is 48.0 Å². The highest BCUT2D eigenvalue weighted by Crippen LogP contribution is 2.39. The van der Waals surface area contributed by atoms with E-state index in [2.05, 4.69) is 5.32 Å². The zero-order valence-corrected chi connectivity index (χ0v) is 17.6. The van der Waals surface area contributed by atoms with Crippen LogP contribution in [-0.4, -0.2) is 35.5 Å². The van der Waals surface area contributed by atoms with Crippen molar-refractivity contribution in [3.63, 3.8) is 0 Å². The van der Waals surface area contributed by atoms with Gasteiger partial charge < -0.3 is 19.4 Å². The minimum Gasteiger partial charge on any atom is -0.467 e. The number of methoxy groups -OCH3 is 1. The van der Waals surface area contributed by atoms with Crippen LogP contribution in [0.1, 0.15) is 37.4 Å². The summed E-state index contributed by atoms with van der Waals surface area (Å²) in [5, 5.41) is 2.65. The van der Waals surface area contributed by atoms with Crippen LogP contribution >= 0.6 is 11.8 Å². The highest BCUT2D eigenvalue weighted by Gasteiger charge is 2.33. The molecule has 0 aliphatic carbocycles. The Morgan fingerprint density at radius 3 is 2.65 bits per heavy atom. The number of carbonyl (C=O) groups is 3. The van der Waals surface area contributed by atoms with E-state index in [1.54, 1.807) is 65.4 Å². The normalized spacial score (nSPS) is 15.7. The fourth-order valence-corrected chi connectivity index (χ4v) is 4.50. The molecule has 8 heteroatoms. The van der Waals surface area contributed by atoms with Crippen molar-refractivity contribution in [2.45, 2.75) is 11.9 Å². The van der Waals surface area contributed by atoms with E-state index in [1.165, 1.54) is 7.11 Å². The predicted molar refractivity (Wildman–Crippen MR) is 117 cm³/mol. The number of anilines is 1. The Morgan fingerprint density at radius 2 is 1.94 bits per heavy atom. The molecular weight excluding hydrogens is 416 g/mol. The summed E-state index contributed by atoms with van der Waals surface area (Å²) in [6, 6.07) is 17.3. The van der Waals surface area contributed by atoms with Crippen LogP contribution in [0.25, 0.3) is 0 Å². The van der Waals surface area contributed by atoms with Gasteiger partial charge in [-0.25, -0.2) is 4.79 Å². The van der Waals surface area contributed by atoms with Crippen LogP contribution in [0.4, 0.5) is 5.69 Å². The van der Waals surface area contributed by atoms with Gasteiger partial charge in [-0.3, -0.25) is 9.59 Å². The van der Waals surface area contributed by atoms with Gasteiger partial charge in [0.1, 0.15) is 11.1 Å². The summed E-state index contributed by atoms with van der Waals surface area (Å²) in [6.07, 6.45) is 1.59. The van der Waals surface area contributed by atoms with Gasteiger partial charge in [-0.2, -0.15) is 0 Å². The van der Waals surface area contributed by atoms with Gasteiger partial charge in [0.2, 0.25) is 5.91 Å². The van der Waals surface area contributed by atoms with Crippen molar-refractivity contribution in [1.82, 2.24) is 4.90 Å². The molecule has 158 valence electrons. The second-order valence-corrected chi connectivity index (χ2v) is 7.98. The first-order valence-corrected chi connectivity index (χ1v) is 10.6. The second-order valence-electron chi connectivity index (χ2n) is 6.91. The van der Waals surface area contributed by atoms with Crippen LogP contribution in [0.3, 0.4) is 0 Å². The van der Waals surface area contributed by atoms with E-state index >= 15 is 0 Å². The molecule has 1 fully saturated rings. The monoisotopic (exact) mass is 436 g/mol. The predicted octanol–water partition coefficient (Wildman–Crippen LogP) is 4.09. The molecule has 2 heterocycles. The van der Waals surface area contributed by atoms with Crippen LogP contribution in [0.15, 0.2) is 71.3 Å². The van der Waals surface area contributed by atoms with Gasteiger partial charge in [0.05, 0.1) is 31.2 Å². The molecule has 0 spiro atoms. The summed E-state index contributed by atoms with van der Waals surface area (Å²) >= 11 is 1.55. The first-order valence-electron chi connectivity index (χ1n) is 9.58. The van der Waals surface area contributed by atoms with Crippen molar-refractivity contribution in [1.29, 1.82) is 0 Å². The smallest absolute Gasteiger partial charge is 0.337 e. The molecule has 1 aromatic heterocycles. The number of nitrogens with zero attached hydrogens (tertiary/aromatic N) is 1. The number of carbonyl (C=O) groups excluding carboxylic acids is 3. The Kier molecular flexibility index (Phi) is 6.08. The Morgan fingerprint density at radius 1 is 1.13 bits per heavy atom. The highest BCUT2D eigenvalue weighted by molar-refractivity contribution is 8.00. The Hall–Kier alpha value is -3.52. The zero-order chi connectivity index (χ0) is 21.8. The fraction of sp³-hybridized carbons (Fsp3) is 0.174. The summed E-state index contributed by atoms with van der Waals surface area (Å²) in [6.45, 7) is 0.405. The van der Waals surface area contributed by atoms with Crippen LogP contribution in [0, 0.1) is 0 Å². The van der Waals surface area contributed by atoms with Crippen molar-refractivity contribution in [3.8, 4) is 0 Å². The average Bonchev–Trinajstić information content (AvgIpc) is 3.44. The number of rotatable bonds is 6. The summed E-state index contributed by atoms with van der Waals surface area (Å²) < 4.78 is 10.1. The largest absolute Gasteiger partial charge is 0.467 e. The molecule has 0 bridgehead atoms. The topological polar surface area (TPSA) is 88.8 Å².